The molecule has 0 N–H and O–H groups in total. The van der Waals surface area contributed by atoms with E-state index >= 15 is 0 Å². The van der Waals surface area contributed by atoms with Crippen molar-refractivity contribution >= 4 is 44.8 Å². The van der Waals surface area contributed by atoms with Gasteiger partial charge in [-0.25, -0.2) is 9.97 Å². The van der Waals surface area contributed by atoms with Gasteiger partial charge in [0.15, 0.2) is 0 Å². The number of aryl methyl sites for hydroxylation is 3. The number of aromatic nitrogens is 2. The SMILES string of the molecule is CSc1ccc(N(C)c2nc(C)nc3sc(C)c(C)c23)cc1. The lowest BCUT2D eigenvalue weighted by Gasteiger charge is -2.20. The molecule has 0 fully saturated rings. The maximum atomic E-state index is 4.71. The summed E-state index contributed by atoms with van der Waals surface area (Å²) in [4.78, 5) is 15.1. The molecular formula is C17H19N3S2. The van der Waals surface area contributed by atoms with Gasteiger partial charge >= 0.3 is 0 Å². The third-order valence-electron chi connectivity index (χ3n) is 3.90. The van der Waals surface area contributed by atoms with Gasteiger partial charge in [0, 0.05) is 22.5 Å². The Hall–Kier alpha value is -1.59. The summed E-state index contributed by atoms with van der Waals surface area (Å²) in [6.07, 6.45) is 2.09. The zero-order valence-corrected chi connectivity index (χ0v) is 15.1. The highest BCUT2D eigenvalue weighted by molar-refractivity contribution is 7.98. The number of anilines is 2. The summed E-state index contributed by atoms with van der Waals surface area (Å²) >= 11 is 3.50. The summed E-state index contributed by atoms with van der Waals surface area (Å²) in [7, 11) is 2.07. The molecule has 0 atom stereocenters. The Balaban J connectivity index is 2.15. The van der Waals surface area contributed by atoms with Gasteiger partial charge in [0.25, 0.3) is 0 Å². The van der Waals surface area contributed by atoms with Gasteiger partial charge in [-0.2, -0.15) is 0 Å². The van der Waals surface area contributed by atoms with E-state index in [4.69, 9.17) is 4.98 Å². The van der Waals surface area contributed by atoms with Crippen molar-refractivity contribution in [1.29, 1.82) is 0 Å². The number of hydrogen-bond acceptors (Lipinski definition) is 5. The normalized spacial score (nSPS) is 11.1. The molecule has 1 aromatic carbocycles. The van der Waals surface area contributed by atoms with Crippen molar-refractivity contribution in [1.82, 2.24) is 9.97 Å². The van der Waals surface area contributed by atoms with Crippen LogP contribution in [0.4, 0.5) is 11.5 Å². The predicted molar refractivity (Wildman–Crippen MR) is 97.9 cm³/mol. The van der Waals surface area contributed by atoms with Crippen molar-refractivity contribution in [2.24, 2.45) is 0 Å². The molecule has 0 amide bonds. The van der Waals surface area contributed by atoms with Gasteiger partial charge in [-0.1, -0.05) is 0 Å². The highest BCUT2D eigenvalue weighted by Crippen LogP contribution is 2.37. The Morgan fingerprint density at radius 2 is 1.73 bits per heavy atom. The molecule has 2 heterocycles. The molecule has 114 valence electrons. The lowest BCUT2D eigenvalue weighted by atomic mass is 10.2. The average Bonchev–Trinajstić information content (AvgIpc) is 2.80. The van der Waals surface area contributed by atoms with Gasteiger partial charge in [-0.15, -0.1) is 23.1 Å². The van der Waals surface area contributed by atoms with Crippen molar-refractivity contribution in [2.45, 2.75) is 25.7 Å². The molecule has 0 aliphatic carbocycles. The number of fused-ring (bicyclic) bond motifs is 1. The van der Waals surface area contributed by atoms with Crippen LogP contribution in [-0.4, -0.2) is 23.3 Å². The van der Waals surface area contributed by atoms with Crippen LogP contribution in [0.1, 0.15) is 16.3 Å². The first kappa shape index (κ1) is 15.3. The largest absolute Gasteiger partial charge is 0.329 e. The van der Waals surface area contributed by atoms with Gasteiger partial charge in [-0.05, 0) is 56.9 Å². The van der Waals surface area contributed by atoms with Crippen molar-refractivity contribution in [3.8, 4) is 0 Å². The summed E-state index contributed by atoms with van der Waals surface area (Å²) in [6.45, 7) is 6.26. The Morgan fingerprint density at radius 1 is 1.05 bits per heavy atom. The van der Waals surface area contributed by atoms with Crippen molar-refractivity contribution < 1.29 is 0 Å². The van der Waals surface area contributed by atoms with E-state index in [2.05, 4.69) is 61.3 Å². The minimum atomic E-state index is 0.816. The van der Waals surface area contributed by atoms with Crippen LogP contribution in [-0.2, 0) is 0 Å². The first-order valence-corrected chi connectivity index (χ1v) is 9.17. The molecular weight excluding hydrogens is 310 g/mol. The number of thiophene rings is 1. The quantitative estimate of drug-likeness (QED) is 0.625. The standard InChI is InChI=1S/C17H19N3S2/c1-10-11(2)22-17-15(10)16(18-12(3)19-17)20(4)13-6-8-14(21-5)9-7-13/h6-9H,1-5H3. The Labute approximate surface area is 139 Å². The fourth-order valence-corrected chi connectivity index (χ4v) is 3.98. The molecule has 0 aliphatic heterocycles. The minimum Gasteiger partial charge on any atom is -0.329 e. The number of rotatable bonds is 3. The number of hydrogen-bond donors (Lipinski definition) is 0. The Morgan fingerprint density at radius 3 is 2.36 bits per heavy atom. The van der Waals surface area contributed by atoms with Crippen LogP contribution in [0.15, 0.2) is 29.2 Å². The predicted octanol–water partition coefficient (Wildman–Crippen LogP) is 5.11. The van der Waals surface area contributed by atoms with Gasteiger partial charge in [0.1, 0.15) is 16.5 Å². The van der Waals surface area contributed by atoms with E-state index in [-0.39, 0.29) is 0 Å². The van der Waals surface area contributed by atoms with Crippen LogP contribution in [0, 0.1) is 20.8 Å². The molecule has 0 radical (unpaired) electrons. The van der Waals surface area contributed by atoms with Crippen LogP contribution >= 0.6 is 23.1 Å². The van der Waals surface area contributed by atoms with E-state index in [1.807, 2.05) is 6.92 Å². The minimum absolute atomic E-state index is 0.816. The van der Waals surface area contributed by atoms with Crippen LogP contribution < -0.4 is 4.90 Å². The second-order valence-corrected chi connectivity index (χ2v) is 7.40. The number of thioether (sulfide) groups is 1. The summed E-state index contributed by atoms with van der Waals surface area (Å²) in [5.41, 5.74) is 2.42. The van der Waals surface area contributed by atoms with E-state index < -0.39 is 0 Å². The van der Waals surface area contributed by atoms with Gasteiger partial charge < -0.3 is 4.90 Å². The maximum Gasteiger partial charge on any atom is 0.145 e. The molecule has 5 heteroatoms. The van der Waals surface area contributed by atoms with E-state index in [0.717, 1.165) is 22.2 Å². The van der Waals surface area contributed by atoms with E-state index in [1.165, 1.54) is 20.7 Å². The van der Waals surface area contributed by atoms with E-state index in [9.17, 15) is 0 Å². The first-order chi connectivity index (χ1) is 10.5. The number of benzene rings is 1. The lowest BCUT2D eigenvalue weighted by molar-refractivity contribution is 1.05. The molecule has 0 bridgehead atoms. The smallest absolute Gasteiger partial charge is 0.145 e. The monoisotopic (exact) mass is 329 g/mol. The van der Waals surface area contributed by atoms with Crippen LogP contribution in [0.25, 0.3) is 10.2 Å². The van der Waals surface area contributed by atoms with Crippen LogP contribution in [0.3, 0.4) is 0 Å². The molecule has 3 aromatic rings. The molecule has 3 rings (SSSR count). The van der Waals surface area contributed by atoms with Crippen LogP contribution in [0.5, 0.6) is 0 Å². The molecule has 0 unspecified atom stereocenters. The zero-order chi connectivity index (χ0) is 15.9. The summed E-state index contributed by atoms with van der Waals surface area (Å²) in [5, 5.41) is 1.17. The first-order valence-electron chi connectivity index (χ1n) is 7.13. The number of nitrogens with zero attached hydrogens (tertiary/aromatic N) is 3. The molecule has 0 aliphatic rings. The van der Waals surface area contributed by atoms with E-state index in [1.54, 1.807) is 23.1 Å². The lowest BCUT2D eigenvalue weighted by Crippen LogP contribution is -2.12. The van der Waals surface area contributed by atoms with Crippen molar-refractivity contribution in [3.63, 3.8) is 0 Å². The van der Waals surface area contributed by atoms with Crippen molar-refractivity contribution in [3.05, 3.63) is 40.5 Å². The Bertz CT molecular complexity index is 822. The molecule has 0 saturated heterocycles. The topological polar surface area (TPSA) is 29.0 Å². The van der Waals surface area contributed by atoms with Gasteiger partial charge in [-0.3, -0.25) is 0 Å². The second kappa shape index (κ2) is 5.89. The van der Waals surface area contributed by atoms with E-state index in [0.29, 0.717) is 0 Å². The summed E-state index contributed by atoms with van der Waals surface area (Å²) in [6, 6.07) is 8.58. The molecule has 0 saturated carbocycles. The fourth-order valence-electron chi connectivity index (χ4n) is 2.50. The van der Waals surface area contributed by atoms with Crippen LogP contribution in [0.2, 0.25) is 0 Å². The third kappa shape index (κ3) is 2.59. The highest BCUT2D eigenvalue weighted by atomic mass is 32.2. The molecule has 3 nitrogen and oxygen atoms in total. The molecule has 22 heavy (non-hydrogen) atoms. The highest BCUT2D eigenvalue weighted by Gasteiger charge is 2.17. The Kier molecular flexibility index (Phi) is 4.10. The molecule has 2 aromatic heterocycles. The summed E-state index contributed by atoms with van der Waals surface area (Å²) in [5.74, 6) is 1.80. The fraction of sp³-hybridized carbons (Fsp3) is 0.294. The maximum absolute atomic E-state index is 4.71. The second-order valence-electron chi connectivity index (χ2n) is 5.31. The zero-order valence-electron chi connectivity index (χ0n) is 13.5. The van der Waals surface area contributed by atoms with Gasteiger partial charge in [0.05, 0.1) is 5.39 Å². The third-order valence-corrected chi connectivity index (χ3v) is 5.74. The molecule has 0 spiro atoms. The van der Waals surface area contributed by atoms with Crippen molar-refractivity contribution in [2.75, 3.05) is 18.2 Å². The van der Waals surface area contributed by atoms with Gasteiger partial charge in [0.2, 0.25) is 0 Å². The summed E-state index contributed by atoms with van der Waals surface area (Å²) < 4.78 is 0. The average molecular weight is 329 g/mol.